The molecule has 0 saturated heterocycles. The van der Waals surface area contributed by atoms with Crippen molar-refractivity contribution >= 4 is 11.9 Å². The molecule has 1 saturated carbocycles. The van der Waals surface area contributed by atoms with Crippen LogP contribution < -0.4 is 9.47 Å². The molecule has 4 heteroatoms. The predicted octanol–water partition coefficient (Wildman–Crippen LogP) is 8.08. The third-order valence-electron chi connectivity index (χ3n) is 6.92. The predicted molar refractivity (Wildman–Crippen MR) is 143 cm³/mol. The molecule has 0 heterocycles. The van der Waals surface area contributed by atoms with Crippen LogP contribution in [0.4, 0.5) is 0 Å². The molecule has 4 rings (SSSR count). The fraction of sp³-hybridized carbons (Fsp3) is 0.375. The lowest BCUT2D eigenvalue weighted by atomic mass is 9.80. The maximum Gasteiger partial charge on any atom is 0.343 e. The molecule has 0 N–H and O–H groups in total. The number of carbonyl (C=O) groups is 2. The Hall–Kier alpha value is -3.40. The average molecular weight is 485 g/mol. The zero-order valence-electron chi connectivity index (χ0n) is 21.4. The first-order valence-corrected chi connectivity index (χ1v) is 13.3. The summed E-state index contributed by atoms with van der Waals surface area (Å²) in [5.41, 5.74) is 4.13. The molecule has 3 aromatic carbocycles. The summed E-state index contributed by atoms with van der Waals surface area (Å²) >= 11 is 0. The first-order valence-electron chi connectivity index (χ1n) is 13.3. The molecule has 3 aromatic rings. The Bertz CT molecular complexity index is 1160. The minimum atomic E-state index is -0.446. The van der Waals surface area contributed by atoms with Gasteiger partial charge in [0.05, 0.1) is 11.1 Å². The van der Waals surface area contributed by atoms with Gasteiger partial charge in [0.1, 0.15) is 0 Å². The minimum absolute atomic E-state index is 0.387. The summed E-state index contributed by atoms with van der Waals surface area (Å²) in [4.78, 5) is 26.4. The zero-order chi connectivity index (χ0) is 25.3. The second-order valence-electron chi connectivity index (χ2n) is 9.61. The largest absolute Gasteiger partial charge is 0.419 e. The van der Waals surface area contributed by atoms with Crippen LogP contribution in [-0.4, -0.2) is 11.9 Å². The van der Waals surface area contributed by atoms with Crippen molar-refractivity contribution in [2.24, 2.45) is 0 Å². The minimum Gasteiger partial charge on any atom is -0.419 e. The van der Waals surface area contributed by atoms with Gasteiger partial charge in [-0.3, -0.25) is 0 Å². The van der Waals surface area contributed by atoms with E-state index >= 15 is 0 Å². The van der Waals surface area contributed by atoms with Crippen LogP contribution >= 0.6 is 0 Å². The molecule has 4 nitrogen and oxygen atoms in total. The van der Waals surface area contributed by atoms with Crippen LogP contribution in [-0.2, 0) is 12.8 Å². The third-order valence-corrected chi connectivity index (χ3v) is 6.92. The molecule has 0 bridgehead atoms. The highest BCUT2D eigenvalue weighted by Crippen LogP contribution is 2.45. The molecule has 0 aliphatic heterocycles. The molecule has 0 spiro atoms. The topological polar surface area (TPSA) is 52.6 Å². The Kier molecular flexibility index (Phi) is 8.94. The van der Waals surface area contributed by atoms with E-state index in [1.807, 2.05) is 36.4 Å². The Morgan fingerprint density at radius 1 is 0.722 bits per heavy atom. The van der Waals surface area contributed by atoms with Crippen LogP contribution in [0.5, 0.6) is 11.5 Å². The average Bonchev–Trinajstić information content (AvgIpc) is 2.93. The number of carbonyl (C=O) groups excluding carboxylic acids is 2. The lowest BCUT2D eigenvalue weighted by Crippen LogP contribution is -2.18. The Balaban J connectivity index is 1.86. The monoisotopic (exact) mass is 484 g/mol. The zero-order valence-corrected chi connectivity index (χ0v) is 21.4. The smallest absolute Gasteiger partial charge is 0.343 e. The number of rotatable bonds is 9. The van der Waals surface area contributed by atoms with Crippen molar-refractivity contribution in [3.63, 3.8) is 0 Å². The van der Waals surface area contributed by atoms with E-state index in [2.05, 4.69) is 19.9 Å². The first kappa shape index (κ1) is 25.7. The summed E-state index contributed by atoms with van der Waals surface area (Å²) in [5.74, 6) is 0.356. The number of hydrogen-bond donors (Lipinski definition) is 0. The molecule has 0 aromatic heterocycles. The van der Waals surface area contributed by atoms with Gasteiger partial charge in [-0.1, -0.05) is 88.4 Å². The van der Waals surface area contributed by atoms with Gasteiger partial charge in [-0.15, -0.1) is 0 Å². The van der Waals surface area contributed by atoms with Crippen molar-refractivity contribution in [1.82, 2.24) is 0 Å². The number of benzene rings is 3. The van der Waals surface area contributed by atoms with Crippen LogP contribution in [0.2, 0.25) is 0 Å². The number of esters is 2. The molecule has 188 valence electrons. The number of hydrogen-bond acceptors (Lipinski definition) is 4. The van der Waals surface area contributed by atoms with Crippen molar-refractivity contribution in [1.29, 1.82) is 0 Å². The highest BCUT2D eigenvalue weighted by Gasteiger charge is 2.28. The maximum atomic E-state index is 13.3. The lowest BCUT2D eigenvalue weighted by molar-refractivity contribution is 0.0679. The lowest BCUT2D eigenvalue weighted by Gasteiger charge is -2.28. The van der Waals surface area contributed by atoms with Gasteiger partial charge in [-0.05, 0) is 67.0 Å². The van der Waals surface area contributed by atoms with E-state index < -0.39 is 11.9 Å². The summed E-state index contributed by atoms with van der Waals surface area (Å²) < 4.78 is 12.2. The normalized spacial score (nSPS) is 13.8. The van der Waals surface area contributed by atoms with Gasteiger partial charge in [0.2, 0.25) is 0 Å². The number of ether oxygens (including phenoxy) is 2. The van der Waals surface area contributed by atoms with Gasteiger partial charge in [-0.2, -0.15) is 0 Å². The summed E-state index contributed by atoms with van der Waals surface area (Å²) in [6, 6.07) is 20.2. The molecule has 36 heavy (non-hydrogen) atoms. The SMILES string of the molecule is CCCc1cc(C2CCCCC2)c(CCC)c(OC(=O)c2ccccc2)c1OC(=O)c1ccccc1. The van der Waals surface area contributed by atoms with E-state index in [9.17, 15) is 9.59 Å². The van der Waals surface area contributed by atoms with E-state index in [4.69, 9.17) is 9.47 Å². The standard InChI is InChI=1S/C32H36O4/c1-3-14-26-22-28(23-16-8-5-9-17-23)27(15-4-2)30(36-32(34)25-20-12-7-13-21-25)29(26)35-31(33)24-18-10-6-11-19-24/h6-7,10-13,18-23H,3-5,8-9,14-17H2,1-2H3. The van der Waals surface area contributed by atoms with Gasteiger partial charge in [0, 0.05) is 5.56 Å². The van der Waals surface area contributed by atoms with Crippen molar-refractivity contribution < 1.29 is 19.1 Å². The molecule has 1 aliphatic rings. The number of aryl methyl sites for hydroxylation is 1. The summed E-state index contributed by atoms with van der Waals surface area (Å²) in [7, 11) is 0. The maximum absolute atomic E-state index is 13.3. The summed E-state index contributed by atoms with van der Waals surface area (Å²) in [6.07, 6.45) is 9.24. The van der Waals surface area contributed by atoms with Gasteiger partial charge >= 0.3 is 11.9 Å². The van der Waals surface area contributed by atoms with Gasteiger partial charge in [0.25, 0.3) is 0 Å². The third kappa shape index (κ3) is 6.04. The van der Waals surface area contributed by atoms with E-state index in [1.54, 1.807) is 24.3 Å². The fourth-order valence-corrected chi connectivity index (χ4v) is 5.17. The fourth-order valence-electron chi connectivity index (χ4n) is 5.17. The Morgan fingerprint density at radius 2 is 1.25 bits per heavy atom. The van der Waals surface area contributed by atoms with E-state index in [0.717, 1.165) is 49.7 Å². The highest BCUT2D eigenvalue weighted by molar-refractivity contribution is 5.93. The Morgan fingerprint density at radius 3 is 1.78 bits per heavy atom. The quantitative estimate of drug-likeness (QED) is 0.228. The molecule has 1 fully saturated rings. The second kappa shape index (κ2) is 12.5. The van der Waals surface area contributed by atoms with Crippen molar-refractivity contribution in [3.05, 3.63) is 94.5 Å². The van der Waals surface area contributed by atoms with Gasteiger partial charge in [-0.25, -0.2) is 9.59 Å². The Labute approximate surface area is 214 Å². The first-order chi connectivity index (χ1) is 17.6. The molecule has 1 aliphatic carbocycles. The van der Waals surface area contributed by atoms with Crippen LogP contribution in [0.15, 0.2) is 66.7 Å². The van der Waals surface area contributed by atoms with Crippen molar-refractivity contribution in [2.75, 3.05) is 0 Å². The molecule has 0 unspecified atom stereocenters. The molecule has 0 amide bonds. The van der Waals surface area contributed by atoms with Gasteiger partial charge < -0.3 is 9.47 Å². The molecule has 0 atom stereocenters. The highest BCUT2D eigenvalue weighted by atomic mass is 16.6. The second-order valence-corrected chi connectivity index (χ2v) is 9.61. The molecule has 0 radical (unpaired) electrons. The van der Waals surface area contributed by atoms with Crippen molar-refractivity contribution in [3.8, 4) is 11.5 Å². The van der Waals surface area contributed by atoms with Crippen LogP contribution in [0.3, 0.4) is 0 Å². The van der Waals surface area contributed by atoms with E-state index in [0.29, 0.717) is 28.5 Å². The summed E-state index contributed by atoms with van der Waals surface area (Å²) in [5, 5.41) is 0. The van der Waals surface area contributed by atoms with Crippen LogP contribution in [0.1, 0.15) is 102 Å². The van der Waals surface area contributed by atoms with Gasteiger partial charge in [0.15, 0.2) is 11.5 Å². The van der Waals surface area contributed by atoms with E-state index in [1.165, 1.54) is 24.8 Å². The van der Waals surface area contributed by atoms with E-state index in [-0.39, 0.29) is 0 Å². The summed E-state index contributed by atoms with van der Waals surface area (Å²) in [6.45, 7) is 4.24. The molecular weight excluding hydrogens is 448 g/mol. The van der Waals surface area contributed by atoms with Crippen LogP contribution in [0.25, 0.3) is 0 Å². The molecular formula is C32H36O4. The van der Waals surface area contributed by atoms with Crippen molar-refractivity contribution in [2.45, 2.75) is 77.6 Å². The van der Waals surface area contributed by atoms with Crippen LogP contribution in [0, 0.1) is 0 Å².